The fourth-order valence-corrected chi connectivity index (χ4v) is 2.67. The molecule has 0 amide bonds. The highest BCUT2D eigenvalue weighted by Crippen LogP contribution is 2.14. The molecule has 5 nitrogen and oxygen atoms in total. The first-order chi connectivity index (χ1) is 10.7. The van der Waals surface area contributed by atoms with Gasteiger partial charge in [-0.15, -0.1) is 24.0 Å². The smallest absolute Gasteiger partial charge is 0.191 e. The molecule has 1 aliphatic heterocycles. The average Bonchev–Trinajstić information content (AvgIpc) is 2.52. The molecule has 7 heteroatoms. The number of guanidine groups is 1. The number of nitrogens with one attached hydrogen (secondary N) is 2. The molecular weight excluding hydrogens is 427 g/mol. The van der Waals surface area contributed by atoms with E-state index in [1.54, 1.807) is 7.05 Å². The summed E-state index contributed by atoms with van der Waals surface area (Å²) >= 11 is 6.15. The van der Waals surface area contributed by atoms with Gasteiger partial charge < -0.3 is 20.3 Å². The molecule has 1 unspecified atom stereocenters. The number of aliphatic imine (C=N–C) groups is 1. The monoisotopic (exact) mass is 452 g/mol. The van der Waals surface area contributed by atoms with Crippen LogP contribution in [-0.4, -0.2) is 63.8 Å². The molecule has 1 saturated heterocycles. The van der Waals surface area contributed by atoms with Crippen LogP contribution in [0.1, 0.15) is 5.56 Å². The van der Waals surface area contributed by atoms with Gasteiger partial charge in [0.15, 0.2) is 5.96 Å². The Hall–Kier alpha value is -0.570. The summed E-state index contributed by atoms with van der Waals surface area (Å²) in [5, 5.41) is 7.43. The van der Waals surface area contributed by atoms with E-state index in [1.807, 2.05) is 24.3 Å². The highest BCUT2D eigenvalue weighted by atomic mass is 127. The second-order valence-corrected chi connectivity index (χ2v) is 5.88. The standard InChI is InChI=1S/C16H25ClN4O.HI/c1-18-16(20-11-14-12-21(2)9-10-22-14)19-8-7-13-5-3-4-6-15(13)17;/h3-6,14H,7-12H2,1-2H3,(H2,18,19,20);1H. The second kappa shape index (κ2) is 11.1. The molecule has 2 rings (SSSR count). The Labute approximate surface area is 160 Å². The highest BCUT2D eigenvalue weighted by Gasteiger charge is 2.17. The summed E-state index contributed by atoms with van der Waals surface area (Å²) in [7, 11) is 3.89. The largest absolute Gasteiger partial charge is 0.374 e. The topological polar surface area (TPSA) is 48.9 Å². The number of benzene rings is 1. The zero-order valence-electron chi connectivity index (χ0n) is 13.7. The number of halogens is 2. The number of hydrogen-bond acceptors (Lipinski definition) is 3. The van der Waals surface area contributed by atoms with Crippen molar-refractivity contribution in [3.05, 3.63) is 34.9 Å². The van der Waals surface area contributed by atoms with Crippen molar-refractivity contribution in [2.24, 2.45) is 4.99 Å². The van der Waals surface area contributed by atoms with Crippen molar-refractivity contribution >= 4 is 41.5 Å². The molecule has 0 aliphatic carbocycles. The molecule has 1 atom stereocenters. The van der Waals surface area contributed by atoms with E-state index in [-0.39, 0.29) is 30.1 Å². The molecule has 0 aromatic heterocycles. The Balaban J connectivity index is 0.00000264. The fourth-order valence-electron chi connectivity index (χ4n) is 2.44. The number of rotatable bonds is 5. The minimum atomic E-state index is 0. The molecular formula is C16H26ClIN4O. The maximum Gasteiger partial charge on any atom is 0.191 e. The Morgan fingerprint density at radius 2 is 2.17 bits per heavy atom. The van der Waals surface area contributed by atoms with Crippen molar-refractivity contribution in [1.82, 2.24) is 15.5 Å². The molecule has 1 aromatic rings. The van der Waals surface area contributed by atoms with Crippen LogP contribution in [0.3, 0.4) is 0 Å². The quantitative estimate of drug-likeness (QED) is 0.408. The third-order valence-electron chi connectivity index (χ3n) is 3.71. The molecule has 0 spiro atoms. The summed E-state index contributed by atoms with van der Waals surface area (Å²) in [6.45, 7) is 4.29. The van der Waals surface area contributed by atoms with Gasteiger partial charge in [-0.3, -0.25) is 4.99 Å². The van der Waals surface area contributed by atoms with Gasteiger partial charge in [-0.1, -0.05) is 29.8 Å². The molecule has 1 heterocycles. The number of morpholine rings is 1. The molecule has 1 fully saturated rings. The molecule has 23 heavy (non-hydrogen) atoms. The molecule has 1 aliphatic rings. The van der Waals surface area contributed by atoms with Crippen molar-refractivity contribution in [2.45, 2.75) is 12.5 Å². The SMILES string of the molecule is CN=C(NCCc1ccccc1Cl)NCC1CN(C)CCO1.I. The van der Waals surface area contributed by atoms with Gasteiger partial charge in [0.25, 0.3) is 0 Å². The van der Waals surface area contributed by atoms with Crippen LogP contribution in [0.5, 0.6) is 0 Å². The van der Waals surface area contributed by atoms with E-state index in [1.165, 1.54) is 0 Å². The molecule has 130 valence electrons. The van der Waals surface area contributed by atoms with Crippen molar-refractivity contribution in [3.8, 4) is 0 Å². The van der Waals surface area contributed by atoms with Crippen LogP contribution in [-0.2, 0) is 11.2 Å². The zero-order valence-corrected chi connectivity index (χ0v) is 16.8. The van der Waals surface area contributed by atoms with E-state index in [4.69, 9.17) is 16.3 Å². The van der Waals surface area contributed by atoms with Gasteiger partial charge in [0, 0.05) is 38.2 Å². The number of hydrogen-bond donors (Lipinski definition) is 2. The summed E-state index contributed by atoms with van der Waals surface area (Å²) in [5.74, 6) is 0.795. The number of nitrogens with zero attached hydrogens (tertiary/aromatic N) is 2. The molecule has 0 bridgehead atoms. The molecule has 0 radical (unpaired) electrons. The third-order valence-corrected chi connectivity index (χ3v) is 4.08. The predicted molar refractivity (Wildman–Crippen MR) is 107 cm³/mol. The summed E-state index contributed by atoms with van der Waals surface area (Å²) in [4.78, 5) is 6.52. The van der Waals surface area contributed by atoms with Gasteiger partial charge >= 0.3 is 0 Å². The predicted octanol–water partition coefficient (Wildman–Crippen LogP) is 2.00. The molecule has 0 saturated carbocycles. The van der Waals surface area contributed by atoms with Gasteiger partial charge in [0.05, 0.1) is 12.7 Å². The van der Waals surface area contributed by atoms with Crippen LogP contribution >= 0.6 is 35.6 Å². The van der Waals surface area contributed by atoms with E-state index in [0.717, 1.165) is 55.8 Å². The minimum absolute atomic E-state index is 0. The first-order valence-corrected chi connectivity index (χ1v) is 8.05. The highest BCUT2D eigenvalue weighted by molar-refractivity contribution is 14.0. The molecule has 1 aromatic carbocycles. The van der Waals surface area contributed by atoms with Crippen molar-refractivity contribution in [1.29, 1.82) is 0 Å². The van der Waals surface area contributed by atoms with Crippen LogP contribution in [0, 0.1) is 0 Å². The van der Waals surface area contributed by atoms with Crippen LogP contribution in [0.15, 0.2) is 29.3 Å². The van der Waals surface area contributed by atoms with E-state index >= 15 is 0 Å². The van der Waals surface area contributed by atoms with Gasteiger partial charge in [-0.25, -0.2) is 0 Å². The zero-order chi connectivity index (χ0) is 15.8. The van der Waals surface area contributed by atoms with Crippen LogP contribution in [0.25, 0.3) is 0 Å². The first kappa shape index (κ1) is 20.5. The second-order valence-electron chi connectivity index (χ2n) is 5.48. The van der Waals surface area contributed by atoms with Crippen molar-refractivity contribution in [3.63, 3.8) is 0 Å². The van der Waals surface area contributed by atoms with Crippen molar-refractivity contribution in [2.75, 3.05) is 46.9 Å². The van der Waals surface area contributed by atoms with E-state index in [0.29, 0.717) is 0 Å². The lowest BCUT2D eigenvalue weighted by atomic mass is 10.1. The first-order valence-electron chi connectivity index (χ1n) is 7.67. The Bertz CT molecular complexity index is 501. The summed E-state index contributed by atoms with van der Waals surface area (Å²) in [6.07, 6.45) is 1.07. The fraction of sp³-hybridized carbons (Fsp3) is 0.562. The van der Waals surface area contributed by atoms with E-state index < -0.39 is 0 Å². The third kappa shape index (κ3) is 7.24. The Morgan fingerprint density at radius 3 is 2.87 bits per heavy atom. The maximum atomic E-state index is 6.15. The summed E-state index contributed by atoms with van der Waals surface area (Å²) in [5.41, 5.74) is 1.14. The maximum absolute atomic E-state index is 6.15. The van der Waals surface area contributed by atoms with E-state index in [9.17, 15) is 0 Å². The summed E-state index contributed by atoms with van der Waals surface area (Å²) in [6, 6.07) is 7.92. The van der Waals surface area contributed by atoms with Gasteiger partial charge in [0.2, 0.25) is 0 Å². The van der Waals surface area contributed by atoms with Crippen LogP contribution < -0.4 is 10.6 Å². The van der Waals surface area contributed by atoms with Gasteiger partial charge in [-0.05, 0) is 25.1 Å². The Kier molecular flexibility index (Phi) is 9.85. The number of likely N-dealkylation sites (N-methyl/N-ethyl adjacent to an activating group) is 1. The van der Waals surface area contributed by atoms with Gasteiger partial charge in [-0.2, -0.15) is 0 Å². The number of ether oxygens (including phenoxy) is 1. The normalized spacial score (nSPS) is 19.1. The van der Waals surface area contributed by atoms with E-state index in [2.05, 4.69) is 27.6 Å². The van der Waals surface area contributed by atoms with Crippen molar-refractivity contribution < 1.29 is 4.74 Å². The molecule has 2 N–H and O–H groups in total. The Morgan fingerprint density at radius 1 is 1.39 bits per heavy atom. The average molecular weight is 453 g/mol. The van der Waals surface area contributed by atoms with Crippen LogP contribution in [0.2, 0.25) is 5.02 Å². The lowest BCUT2D eigenvalue weighted by molar-refractivity contribution is -0.0161. The van der Waals surface area contributed by atoms with Crippen LogP contribution in [0.4, 0.5) is 0 Å². The lowest BCUT2D eigenvalue weighted by Crippen LogP contribution is -2.48. The minimum Gasteiger partial charge on any atom is -0.374 e. The lowest BCUT2D eigenvalue weighted by Gasteiger charge is -2.30. The van der Waals surface area contributed by atoms with Gasteiger partial charge in [0.1, 0.15) is 0 Å². The summed E-state index contributed by atoms with van der Waals surface area (Å²) < 4.78 is 5.73.